The number of H-pyrrole nitrogens is 1. The molecule has 0 saturated carbocycles. The maximum atomic E-state index is 12.0. The Bertz CT molecular complexity index is 982. The number of aliphatic hydroxyl groups excluding tert-OH is 1. The third-order valence-electron chi connectivity index (χ3n) is 4.94. The second kappa shape index (κ2) is 5.65. The predicted octanol–water partition coefficient (Wildman–Crippen LogP) is 1.08. The fourth-order valence-electron chi connectivity index (χ4n) is 3.48. The lowest BCUT2D eigenvalue weighted by atomic mass is 9.78. The van der Waals surface area contributed by atoms with E-state index in [2.05, 4.69) is 15.2 Å². The number of carbonyl (C=O) groups excluding carboxylic acids is 1. The SMILES string of the molecule is N[C@@]1(C(=O)CO)CCc2[nH]c3nnc(-c4ccccc4O)cc3c2C1. The van der Waals surface area contributed by atoms with E-state index in [1.165, 1.54) is 0 Å². The van der Waals surface area contributed by atoms with Crippen LogP contribution in [0.3, 0.4) is 0 Å². The van der Waals surface area contributed by atoms with Gasteiger partial charge in [0.05, 0.1) is 11.2 Å². The number of aromatic hydroxyl groups is 1. The van der Waals surface area contributed by atoms with Crippen LogP contribution in [0.5, 0.6) is 5.75 Å². The Morgan fingerprint density at radius 1 is 1.32 bits per heavy atom. The van der Waals surface area contributed by atoms with E-state index in [0.29, 0.717) is 36.2 Å². The fraction of sp³-hybridized carbons (Fsp3) is 0.278. The predicted molar refractivity (Wildman–Crippen MR) is 92.0 cm³/mol. The lowest BCUT2D eigenvalue weighted by Crippen LogP contribution is -2.53. The van der Waals surface area contributed by atoms with Crippen molar-refractivity contribution in [1.29, 1.82) is 0 Å². The number of carbonyl (C=O) groups is 1. The minimum Gasteiger partial charge on any atom is -0.507 e. The largest absolute Gasteiger partial charge is 0.507 e. The normalized spacial score (nSPS) is 19.8. The number of aromatic amines is 1. The summed E-state index contributed by atoms with van der Waals surface area (Å²) in [5.41, 5.74) is 8.88. The van der Waals surface area contributed by atoms with Gasteiger partial charge in [0.2, 0.25) is 0 Å². The number of phenolic OH excluding ortho intramolecular Hbond substituents is 1. The summed E-state index contributed by atoms with van der Waals surface area (Å²) in [5.74, 6) is -0.223. The molecule has 0 saturated heterocycles. The Hall–Kier alpha value is -2.77. The summed E-state index contributed by atoms with van der Waals surface area (Å²) in [6.45, 7) is -0.558. The van der Waals surface area contributed by atoms with Crippen LogP contribution >= 0.6 is 0 Å². The first-order valence-corrected chi connectivity index (χ1v) is 8.10. The molecule has 7 heteroatoms. The number of aryl methyl sites for hydroxylation is 1. The highest BCUT2D eigenvalue weighted by atomic mass is 16.3. The zero-order valence-corrected chi connectivity index (χ0v) is 13.5. The van der Waals surface area contributed by atoms with Gasteiger partial charge in [0.25, 0.3) is 0 Å². The van der Waals surface area contributed by atoms with Gasteiger partial charge >= 0.3 is 0 Å². The molecule has 5 N–H and O–H groups in total. The highest BCUT2D eigenvalue weighted by Crippen LogP contribution is 2.35. The number of para-hydroxylation sites is 1. The number of nitrogens with one attached hydrogen (secondary N) is 1. The zero-order valence-electron chi connectivity index (χ0n) is 13.5. The third-order valence-corrected chi connectivity index (χ3v) is 4.94. The molecule has 0 radical (unpaired) electrons. The Balaban J connectivity index is 1.83. The molecule has 0 unspecified atom stereocenters. The van der Waals surface area contributed by atoms with Gasteiger partial charge in [-0.3, -0.25) is 4.79 Å². The van der Waals surface area contributed by atoms with Crippen molar-refractivity contribution in [2.75, 3.05) is 6.61 Å². The zero-order chi connectivity index (χ0) is 17.6. The molecular formula is C18H18N4O3. The van der Waals surface area contributed by atoms with Gasteiger partial charge in [-0.15, -0.1) is 10.2 Å². The highest BCUT2D eigenvalue weighted by Gasteiger charge is 2.38. The number of ketones is 1. The van der Waals surface area contributed by atoms with E-state index >= 15 is 0 Å². The molecule has 0 amide bonds. The lowest BCUT2D eigenvalue weighted by Gasteiger charge is -2.31. The van der Waals surface area contributed by atoms with Crippen molar-refractivity contribution in [2.24, 2.45) is 5.73 Å². The lowest BCUT2D eigenvalue weighted by molar-refractivity contribution is -0.127. The number of aliphatic hydroxyl groups is 1. The Morgan fingerprint density at radius 2 is 2.12 bits per heavy atom. The summed E-state index contributed by atoms with van der Waals surface area (Å²) in [4.78, 5) is 15.3. The van der Waals surface area contributed by atoms with Crippen LogP contribution in [0, 0.1) is 0 Å². The number of phenols is 1. The molecule has 0 fully saturated rings. The van der Waals surface area contributed by atoms with Crippen LogP contribution in [0.1, 0.15) is 17.7 Å². The van der Waals surface area contributed by atoms with Gasteiger partial charge in [-0.1, -0.05) is 12.1 Å². The fourth-order valence-corrected chi connectivity index (χ4v) is 3.48. The van der Waals surface area contributed by atoms with Gasteiger partial charge in [0.15, 0.2) is 11.4 Å². The number of benzene rings is 1. The summed E-state index contributed by atoms with van der Waals surface area (Å²) >= 11 is 0. The maximum absolute atomic E-state index is 12.0. The van der Waals surface area contributed by atoms with E-state index in [1.54, 1.807) is 18.2 Å². The highest BCUT2D eigenvalue weighted by molar-refractivity contribution is 5.92. The topological polar surface area (TPSA) is 125 Å². The molecule has 1 aliphatic rings. The number of fused-ring (bicyclic) bond motifs is 3. The molecule has 1 aromatic carbocycles. The third kappa shape index (κ3) is 2.48. The molecule has 7 nitrogen and oxygen atoms in total. The van der Waals surface area contributed by atoms with Crippen molar-refractivity contribution in [3.8, 4) is 17.0 Å². The Morgan fingerprint density at radius 3 is 2.88 bits per heavy atom. The molecule has 25 heavy (non-hydrogen) atoms. The van der Waals surface area contributed by atoms with Crippen molar-refractivity contribution in [2.45, 2.75) is 24.8 Å². The summed E-state index contributed by atoms with van der Waals surface area (Å²) in [6, 6.07) is 8.78. The van der Waals surface area contributed by atoms with Crippen molar-refractivity contribution < 1.29 is 15.0 Å². The monoisotopic (exact) mass is 338 g/mol. The molecule has 0 spiro atoms. The number of rotatable bonds is 3. The number of hydrogen-bond donors (Lipinski definition) is 4. The quantitative estimate of drug-likeness (QED) is 0.566. The molecule has 128 valence electrons. The Labute approximate surface area is 143 Å². The van der Waals surface area contributed by atoms with Crippen molar-refractivity contribution >= 4 is 16.8 Å². The average molecular weight is 338 g/mol. The first-order chi connectivity index (χ1) is 12.0. The van der Waals surface area contributed by atoms with Gasteiger partial charge in [0.1, 0.15) is 12.4 Å². The minimum absolute atomic E-state index is 0.129. The molecule has 4 rings (SSSR count). The van der Waals surface area contributed by atoms with Crippen molar-refractivity contribution in [1.82, 2.24) is 15.2 Å². The van der Waals surface area contributed by atoms with E-state index in [4.69, 9.17) is 5.73 Å². The van der Waals surface area contributed by atoms with Crippen LogP contribution in [0.15, 0.2) is 30.3 Å². The minimum atomic E-state index is -1.06. The van der Waals surface area contributed by atoms with E-state index in [0.717, 1.165) is 16.6 Å². The number of hydrogen-bond acceptors (Lipinski definition) is 6. The van der Waals surface area contributed by atoms with Gasteiger partial charge < -0.3 is 20.9 Å². The second-order valence-corrected chi connectivity index (χ2v) is 6.51. The van der Waals surface area contributed by atoms with Crippen LogP contribution < -0.4 is 5.73 Å². The molecule has 2 aromatic heterocycles. The van der Waals surface area contributed by atoms with E-state index in [1.807, 2.05) is 12.1 Å². The van der Waals surface area contributed by atoms with Gasteiger partial charge in [-0.2, -0.15) is 0 Å². The second-order valence-electron chi connectivity index (χ2n) is 6.51. The van der Waals surface area contributed by atoms with Crippen LogP contribution in [0.25, 0.3) is 22.3 Å². The molecule has 1 atom stereocenters. The average Bonchev–Trinajstić information content (AvgIpc) is 2.98. The molecule has 0 bridgehead atoms. The van der Waals surface area contributed by atoms with Crippen LogP contribution in [0.4, 0.5) is 0 Å². The maximum Gasteiger partial charge on any atom is 0.178 e. The van der Waals surface area contributed by atoms with Crippen molar-refractivity contribution in [3.05, 3.63) is 41.6 Å². The van der Waals surface area contributed by atoms with E-state index < -0.39 is 12.1 Å². The van der Waals surface area contributed by atoms with Gasteiger partial charge in [-0.25, -0.2) is 0 Å². The number of nitrogens with two attached hydrogens (primary N) is 1. The first-order valence-electron chi connectivity index (χ1n) is 8.10. The molecule has 0 aliphatic heterocycles. The molecule has 1 aliphatic carbocycles. The van der Waals surface area contributed by atoms with Crippen molar-refractivity contribution in [3.63, 3.8) is 0 Å². The summed E-state index contributed by atoms with van der Waals surface area (Å²) < 4.78 is 0. The number of nitrogens with zero attached hydrogens (tertiary/aromatic N) is 2. The molecule has 3 aromatic rings. The van der Waals surface area contributed by atoms with E-state index in [-0.39, 0.29) is 11.5 Å². The van der Waals surface area contributed by atoms with Gasteiger partial charge in [-0.05, 0) is 43.0 Å². The summed E-state index contributed by atoms with van der Waals surface area (Å²) in [6.07, 6.45) is 1.43. The molecular weight excluding hydrogens is 320 g/mol. The summed E-state index contributed by atoms with van der Waals surface area (Å²) in [7, 11) is 0. The van der Waals surface area contributed by atoms with Crippen LogP contribution in [-0.4, -0.2) is 43.3 Å². The standard InChI is InChI=1S/C18H18N4O3/c19-18(16(25)9-23)6-5-13-12(8-18)11-7-14(21-22-17(11)20-13)10-3-1-2-4-15(10)24/h1-4,7,23-24H,5-6,8-9,19H2,(H,20,22)/t18-/m0/s1. The Kier molecular flexibility index (Phi) is 3.55. The molecule has 2 heterocycles. The number of Topliss-reactive ketones (excluding diaryl/α,β-unsaturated/α-hetero) is 1. The van der Waals surface area contributed by atoms with Gasteiger partial charge in [0, 0.05) is 16.6 Å². The van der Waals surface area contributed by atoms with Crippen LogP contribution in [-0.2, 0) is 17.6 Å². The smallest absolute Gasteiger partial charge is 0.178 e. The van der Waals surface area contributed by atoms with E-state index in [9.17, 15) is 15.0 Å². The summed E-state index contributed by atoms with van der Waals surface area (Å²) in [5, 5.41) is 28.5. The van der Waals surface area contributed by atoms with Crippen LogP contribution in [0.2, 0.25) is 0 Å². The first kappa shape index (κ1) is 15.7. The number of aromatic nitrogens is 3.